The number of nitrogens with two attached hydrogens (primary N) is 1. The maximum atomic E-state index is 13.4. The number of pyridine rings is 1. The maximum absolute atomic E-state index is 13.4. The lowest BCUT2D eigenvalue weighted by molar-refractivity contribution is -0.275. The van der Waals surface area contributed by atoms with E-state index in [0.717, 1.165) is 6.20 Å². The highest BCUT2D eigenvalue weighted by molar-refractivity contribution is 5.88. The van der Waals surface area contributed by atoms with Crippen LogP contribution in [-0.2, 0) is 6.54 Å². The fourth-order valence-corrected chi connectivity index (χ4v) is 1.01. The Bertz CT molecular complexity index is 447. The Morgan fingerprint density at radius 3 is 2.53 bits per heavy atom. The number of hydrogen-bond donors (Lipinski definition) is 2. The minimum absolute atomic E-state index is 0.380. The first-order valence-corrected chi connectivity index (χ1v) is 4.12. The van der Waals surface area contributed by atoms with E-state index >= 15 is 0 Å². The van der Waals surface area contributed by atoms with E-state index in [2.05, 4.69) is 9.72 Å². The van der Waals surface area contributed by atoms with Crippen molar-refractivity contribution in [2.45, 2.75) is 12.9 Å². The van der Waals surface area contributed by atoms with Gasteiger partial charge in [-0.05, 0) is 0 Å². The van der Waals surface area contributed by atoms with Gasteiger partial charge in [0.2, 0.25) is 0 Å². The summed E-state index contributed by atoms with van der Waals surface area (Å²) in [5.74, 6) is -4.82. The largest absolute Gasteiger partial charge is 0.573 e. The average molecular weight is 254 g/mol. The lowest BCUT2D eigenvalue weighted by Crippen LogP contribution is -2.21. The van der Waals surface area contributed by atoms with Crippen LogP contribution in [0, 0.1) is 5.82 Å². The summed E-state index contributed by atoms with van der Waals surface area (Å²) in [6, 6.07) is 0. The minimum Gasteiger partial charge on any atom is -0.476 e. The molecule has 1 heterocycles. The lowest BCUT2D eigenvalue weighted by atomic mass is 10.2. The number of carbonyl (C=O) groups is 1. The summed E-state index contributed by atoms with van der Waals surface area (Å²) in [5, 5.41) is 8.54. The molecule has 0 aromatic carbocycles. The molecule has 1 aromatic heterocycles. The highest BCUT2D eigenvalue weighted by Crippen LogP contribution is 2.29. The summed E-state index contributed by atoms with van der Waals surface area (Å²) in [7, 11) is 0. The van der Waals surface area contributed by atoms with Crippen molar-refractivity contribution in [2.24, 2.45) is 5.73 Å². The van der Waals surface area contributed by atoms with Crippen molar-refractivity contribution in [2.75, 3.05) is 0 Å². The van der Waals surface area contributed by atoms with Crippen molar-refractivity contribution in [1.29, 1.82) is 0 Å². The summed E-state index contributed by atoms with van der Waals surface area (Å²) < 4.78 is 52.6. The molecule has 5 nitrogen and oxygen atoms in total. The molecule has 1 rings (SSSR count). The number of aromatic carboxylic acids is 1. The van der Waals surface area contributed by atoms with Gasteiger partial charge in [-0.2, -0.15) is 0 Å². The van der Waals surface area contributed by atoms with E-state index in [1.807, 2.05) is 0 Å². The van der Waals surface area contributed by atoms with Crippen LogP contribution in [0.1, 0.15) is 16.1 Å². The zero-order valence-electron chi connectivity index (χ0n) is 8.08. The number of nitrogens with zero attached hydrogens (tertiary/aromatic N) is 1. The van der Waals surface area contributed by atoms with Gasteiger partial charge in [0.1, 0.15) is 0 Å². The third-order valence-corrected chi connectivity index (χ3v) is 1.69. The molecule has 0 radical (unpaired) electrons. The van der Waals surface area contributed by atoms with Crippen molar-refractivity contribution in [1.82, 2.24) is 4.98 Å². The number of aromatic nitrogens is 1. The van der Waals surface area contributed by atoms with Gasteiger partial charge in [0.25, 0.3) is 0 Å². The first kappa shape index (κ1) is 13.2. The van der Waals surface area contributed by atoms with Crippen LogP contribution in [0.25, 0.3) is 0 Å². The molecule has 0 bridgehead atoms. The van der Waals surface area contributed by atoms with E-state index in [-0.39, 0.29) is 5.56 Å². The summed E-state index contributed by atoms with van der Waals surface area (Å²) in [5.41, 5.74) is 3.50. The van der Waals surface area contributed by atoms with Crippen LogP contribution in [0.3, 0.4) is 0 Å². The molecule has 0 saturated heterocycles. The van der Waals surface area contributed by atoms with Crippen LogP contribution in [0.4, 0.5) is 17.6 Å². The normalized spacial score (nSPS) is 11.4. The van der Waals surface area contributed by atoms with Gasteiger partial charge in [0, 0.05) is 18.3 Å². The molecule has 0 aliphatic heterocycles. The zero-order valence-corrected chi connectivity index (χ0v) is 8.08. The van der Waals surface area contributed by atoms with Crippen LogP contribution in [0.15, 0.2) is 6.20 Å². The van der Waals surface area contributed by atoms with E-state index < -0.39 is 36.1 Å². The molecule has 1 aromatic rings. The second kappa shape index (κ2) is 4.53. The van der Waals surface area contributed by atoms with Gasteiger partial charge in [-0.25, -0.2) is 14.2 Å². The van der Waals surface area contributed by atoms with Gasteiger partial charge < -0.3 is 15.6 Å². The monoisotopic (exact) mass is 254 g/mol. The zero-order chi connectivity index (χ0) is 13.2. The summed E-state index contributed by atoms with van der Waals surface area (Å²) >= 11 is 0. The number of hydrogen-bond acceptors (Lipinski definition) is 4. The SMILES string of the molecule is NCc1cnc(C(=O)O)c(OC(F)(F)F)c1F. The molecule has 3 N–H and O–H groups in total. The second-order valence-electron chi connectivity index (χ2n) is 2.83. The lowest BCUT2D eigenvalue weighted by Gasteiger charge is -2.12. The van der Waals surface area contributed by atoms with Gasteiger partial charge >= 0.3 is 12.3 Å². The number of carboxylic acid groups (broad SMARTS) is 1. The Morgan fingerprint density at radius 2 is 2.12 bits per heavy atom. The molecule has 9 heteroatoms. The van der Waals surface area contributed by atoms with Gasteiger partial charge in [-0.15, -0.1) is 13.2 Å². The van der Waals surface area contributed by atoms with Gasteiger partial charge in [-0.3, -0.25) is 0 Å². The molecule has 0 aliphatic rings. The van der Waals surface area contributed by atoms with Gasteiger partial charge in [0.15, 0.2) is 17.3 Å². The first-order valence-electron chi connectivity index (χ1n) is 4.12. The number of rotatable bonds is 3. The number of halogens is 4. The molecule has 0 saturated carbocycles. The van der Waals surface area contributed by atoms with Crippen molar-refractivity contribution in [3.63, 3.8) is 0 Å². The van der Waals surface area contributed by atoms with Gasteiger partial charge in [-0.1, -0.05) is 0 Å². The molecule has 0 amide bonds. The number of ether oxygens (including phenoxy) is 1. The molecule has 0 unspecified atom stereocenters. The van der Waals surface area contributed by atoms with Crippen molar-refractivity contribution >= 4 is 5.97 Å². The Balaban J connectivity index is 3.35. The first-order chi connectivity index (χ1) is 7.76. The summed E-state index contributed by atoms with van der Waals surface area (Å²) in [4.78, 5) is 13.7. The smallest absolute Gasteiger partial charge is 0.476 e. The quantitative estimate of drug-likeness (QED) is 0.793. The van der Waals surface area contributed by atoms with E-state index in [0.29, 0.717) is 0 Å². The summed E-state index contributed by atoms with van der Waals surface area (Å²) in [6.07, 6.45) is -4.48. The molecule has 0 aliphatic carbocycles. The minimum atomic E-state index is -5.22. The average Bonchev–Trinajstić information content (AvgIpc) is 2.18. The van der Waals surface area contributed by atoms with Crippen molar-refractivity contribution in [3.8, 4) is 5.75 Å². The van der Waals surface area contributed by atoms with E-state index in [1.54, 1.807) is 0 Å². The van der Waals surface area contributed by atoms with Crippen LogP contribution < -0.4 is 10.5 Å². The maximum Gasteiger partial charge on any atom is 0.573 e. The highest BCUT2D eigenvalue weighted by atomic mass is 19.4. The molecule has 0 spiro atoms. The molecule has 17 heavy (non-hydrogen) atoms. The number of alkyl halides is 3. The van der Waals surface area contributed by atoms with Crippen LogP contribution in [0.5, 0.6) is 5.75 Å². The Morgan fingerprint density at radius 1 is 1.53 bits per heavy atom. The number of carboxylic acids is 1. The second-order valence-corrected chi connectivity index (χ2v) is 2.83. The van der Waals surface area contributed by atoms with E-state index in [9.17, 15) is 22.4 Å². The standard InChI is InChI=1S/C8H6F4N2O3/c9-4-3(1-13)2-14-5(7(15)16)6(4)17-8(10,11)12/h2H,1,13H2,(H,15,16). The van der Waals surface area contributed by atoms with E-state index in [4.69, 9.17) is 10.8 Å². The Hall–Kier alpha value is -1.90. The Labute approximate surface area is 91.8 Å². The molecular formula is C8H6F4N2O3. The van der Waals surface area contributed by atoms with Gasteiger partial charge in [0.05, 0.1) is 0 Å². The predicted octanol–water partition coefficient (Wildman–Crippen LogP) is 1.28. The summed E-state index contributed by atoms with van der Waals surface area (Å²) in [6.45, 7) is -0.438. The molecular weight excluding hydrogens is 248 g/mol. The van der Waals surface area contributed by atoms with Crippen molar-refractivity contribution < 1.29 is 32.2 Å². The third kappa shape index (κ3) is 3.03. The molecule has 0 atom stereocenters. The highest BCUT2D eigenvalue weighted by Gasteiger charge is 2.35. The van der Waals surface area contributed by atoms with Crippen LogP contribution in [0.2, 0.25) is 0 Å². The van der Waals surface area contributed by atoms with Crippen LogP contribution in [-0.4, -0.2) is 22.4 Å². The van der Waals surface area contributed by atoms with Crippen molar-refractivity contribution in [3.05, 3.63) is 23.3 Å². The molecule has 94 valence electrons. The fraction of sp³-hybridized carbons (Fsp3) is 0.250. The Kier molecular flexibility index (Phi) is 3.51. The van der Waals surface area contributed by atoms with Crippen LogP contribution >= 0.6 is 0 Å². The van der Waals surface area contributed by atoms with E-state index in [1.165, 1.54) is 0 Å². The topological polar surface area (TPSA) is 85.4 Å². The third-order valence-electron chi connectivity index (χ3n) is 1.69. The fourth-order valence-electron chi connectivity index (χ4n) is 1.01. The molecule has 0 fully saturated rings. The predicted molar refractivity (Wildman–Crippen MR) is 45.7 cm³/mol.